The van der Waals surface area contributed by atoms with E-state index in [4.69, 9.17) is 11.6 Å². The lowest BCUT2D eigenvalue weighted by molar-refractivity contribution is -0.132. The molecule has 2 rings (SSSR count). The summed E-state index contributed by atoms with van der Waals surface area (Å²) in [5.74, 6) is 0.275. The smallest absolute Gasteiger partial charge is 0.237 e. The lowest BCUT2D eigenvalue weighted by atomic mass is 10.0. The van der Waals surface area contributed by atoms with Crippen molar-refractivity contribution in [3.8, 4) is 0 Å². The van der Waals surface area contributed by atoms with E-state index in [-0.39, 0.29) is 11.8 Å². The van der Waals surface area contributed by atoms with Gasteiger partial charge in [-0.1, -0.05) is 0 Å². The minimum atomic E-state index is 0.133. The van der Waals surface area contributed by atoms with Gasteiger partial charge in [-0.25, -0.2) is 0 Å². The molecule has 0 spiro atoms. The normalized spacial score (nSPS) is 24.1. The summed E-state index contributed by atoms with van der Waals surface area (Å²) in [6.45, 7) is 2.20. The Kier molecular flexibility index (Phi) is 3.52. The molecule has 0 aromatic rings. The van der Waals surface area contributed by atoms with Gasteiger partial charge in [-0.15, -0.1) is 11.6 Å². The fraction of sp³-hybridized carbons (Fsp3) is 0.909. The molecule has 0 aromatic heterocycles. The van der Waals surface area contributed by atoms with Crippen LogP contribution >= 0.6 is 11.6 Å². The van der Waals surface area contributed by atoms with Crippen LogP contribution in [0, 0.1) is 0 Å². The van der Waals surface area contributed by atoms with E-state index in [1.807, 2.05) is 0 Å². The largest absolute Gasteiger partial charge is 0.336 e. The third-order valence-electron chi connectivity index (χ3n) is 3.42. The lowest BCUT2D eigenvalue weighted by Gasteiger charge is -2.37. The van der Waals surface area contributed by atoms with Crippen molar-refractivity contribution in [1.29, 1.82) is 0 Å². The summed E-state index contributed by atoms with van der Waals surface area (Å²) in [6, 6.07) is 0.949. The summed E-state index contributed by atoms with van der Waals surface area (Å²) in [5, 5.41) is 0. The zero-order chi connectivity index (χ0) is 10.8. The number of alkyl halides is 1. The molecule has 15 heavy (non-hydrogen) atoms. The predicted molar refractivity (Wildman–Crippen MR) is 61.1 cm³/mol. The van der Waals surface area contributed by atoms with Gasteiger partial charge in [-0.2, -0.15) is 0 Å². The number of likely N-dealkylation sites (tertiary alicyclic amines) is 1. The summed E-state index contributed by atoms with van der Waals surface area (Å²) >= 11 is 5.66. The average Bonchev–Trinajstić information content (AvgIpc) is 3.05. The molecule has 0 radical (unpaired) electrons. The molecule has 0 aromatic carbocycles. The SMILES string of the molecule is CN1CCC(N(C(=O)CCl)C2CC2)CC1. The van der Waals surface area contributed by atoms with Crippen molar-refractivity contribution in [3.05, 3.63) is 0 Å². The molecule has 86 valence electrons. The number of nitrogens with zero attached hydrogens (tertiary/aromatic N) is 2. The number of amides is 1. The van der Waals surface area contributed by atoms with Gasteiger partial charge in [0.25, 0.3) is 0 Å². The third kappa shape index (κ3) is 2.64. The topological polar surface area (TPSA) is 23.6 Å². The maximum atomic E-state index is 11.8. The van der Waals surface area contributed by atoms with Gasteiger partial charge in [-0.05, 0) is 45.8 Å². The zero-order valence-corrected chi connectivity index (χ0v) is 10.0. The highest BCUT2D eigenvalue weighted by atomic mass is 35.5. The quantitative estimate of drug-likeness (QED) is 0.683. The van der Waals surface area contributed by atoms with Crippen molar-refractivity contribution in [2.24, 2.45) is 0 Å². The first-order valence-electron chi connectivity index (χ1n) is 5.78. The van der Waals surface area contributed by atoms with Gasteiger partial charge < -0.3 is 9.80 Å². The fourth-order valence-electron chi connectivity index (χ4n) is 2.40. The Morgan fingerprint density at radius 3 is 2.27 bits per heavy atom. The molecule has 0 unspecified atom stereocenters. The highest BCUT2D eigenvalue weighted by Gasteiger charge is 2.37. The molecule has 3 nitrogen and oxygen atoms in total. The van der Waals surface area contributed by atoms with E-state index in [0.29, 0.717) is 12.1 Å². The number of carbonyl (C=O) groups excluding carboxylic acids is 1. The third-order valence-corrected chi connectivity index (χ3v) is 3.65. The minimum absolute atomic E-state index is 0.133. The van der Waals surface area contributed by atoms with E-state index in [1.165, 1.54) is 12.8 Å². The molecule has 1 saturated heterocycles. The van der Waals surface area contributed by atoms with Crippen molar-refractivity contribution in [2.75, 3.05) is 26.0 Å². The van der Waals surface area contributed by atoms with E-state index < -0.39 is 0 Å². The number of carbonyl (C=O) groups is 1. The Morgan fingerprint density at radius 1 is 1.27 bits per heavy atom. The van der Waals surface area contributed by atoms with Gasteiger partial charge in [0.1, 0.15) is 5.88 Å². The van der Waals surface area contributed by atoms with Crippen molar-refractivity contribution < 1.29 is 4.79 Å². The second-order valence-electron chi connectivity index (χ2n) is 4.70. The highest BCUT2D eigenvalue weighted by molar-refractivity contribution is 6.27. The van der Waals surface area contributed by atoms with Crippen LogP contribution in [0.3, 0.4) is 0 Å². The van der Waals surface area contributed by atoms with Crippen molar-refractivity contribution in [1.82, 2.24) is 9.80 Å². The first-order valence-corrected chi connectivity index (χ1v) is 6.31. The number of halogens is 1. The summed E-state index contributed by atoms with van der Waals surface area (Å²) < 4.78 is 0. The van der Waals surface area contributed by atoms with Crippen LogP contribution < -0.4 is 0 Å². The lowest BCUT2D eigenvalue weighted by Crippen LogP contribution is -2.48. The molecule has 1 saturated carbocycles. The molecule has 2 aliphatic rings. The van der Waals surface area contributed by atoms with Crippen LogP contribution in [0.4, 0.5) is 0 Å². The fourth-order valence-corrected chi connectivity index (χ4v) is 2.54. The number of rotatable bonds is 3. The van der Waals surface area contributed by atoms with Gasteiger partial charge in [0.05, 0.1) is 0 Å². The van der Waals surface area contributed by atoms with Crippen molar-refractivity contribution >= 4 is 17.5 Å². The average molecular weight is 231 g/mol. The maximum absolute atomic E-state index is 11.8. The number of hydrogen-bond acceptors (Lipinski definition) is 2. The number of piperidine rings is 1. The van der Waals surface area contributed by atoms with Gasteiger partial charge in [-0.3, -0.25) is 4.79 Å². The highest BCUT2D eigenvalue weighted by Crippen LogP contribution is 2.31. The molecule has 1 aliphatic heterocycles. The first kappa shape index (κ1) is 11.2. The minimum Gasteiger partial charge on any atom is -0.336 e. The van der Waals surface area contributed by atoms with Crippen molar-refractivity contribution in [3.63, 3.8) is 0 Å². The summed E-state index contributed by atoms with van der Waals surface area (Å²) in [4.78, 5) is 16.2. The van der Waals surface area contributed by atoms with Gasteiger partial charge in [0.2, 0.25) is 5.91 Å². The summed E-state index contributed by atoms with van der Waals surface area (Å²) in [5.41, 5.74) is 0. The molecular formula is C11H19ClN2O. The van der Waals surface area contributed by atoms with E-state index in [2.05, 4.69) is 16.8 Å². The van der Waals surface area contributed by atoms with Gasteiger partial charge in [0.15, 0.2) is 0 Å². The molecule has 1 amide bonds. The molecule has 1 aliphatic carbocycles. The molecule has 0 N–H and O–H groups in total. The molecule has 1 heterocycles. The van der Waals surface area contributed by atoms with E-state index in [1.54, 1.807) is 0 Å². The standard InChI is InChI=1S/C11H19ClN2O/c1-13-6-4-10(5-7-13)14(9-2-3-9)11(15)8-12/h9-10H,2-8H2,1H3. The van der Waals surface area contributed by atoms with Crippen LogP contribution in [0.1, 0.15) is 25.7 Å². The molecule has 0 bridgehead atoms. The molecule has 2 fully saturated rings. The van der Waals surface area contributed by atoms with Gasteiger partial charge >= 0.3 is 0 Å². The van der Waals surface area contributed by atoms with Crippen molar-refractivity contribution in [2.45, 2.75) is 37.8 Å². The molecular weight excluding hydrogens is 212 g/mol. The molecule has 0 atom stereocenters. The summed E-state index contributed by atoms with van der Waals surface area (Å²) in [7, 11) is 2.14. The second-order valence-corrected chi connectivity index (χ2v) is 4.97. The van der Waals surface area contributed by atoms with Crippen LogP contribution in [0.2, 0.25) is 0 Å². The van der Waals surface area contributed by atoms with E-state index in [9.17, 15) is 4.79 Å². The van der Waals surface area contributed by atoms with Crippen LogP contribution in [0.15, 0.2) is 0 Å². The second kappa shape index (κ2) is 4.71. The van der Waals surface area contributed by atoms with Crippen LogP contribution in [-0.2, 0) is 4.79 Å². The Balaban J connectivity index is 1.95. The Morgan fingerprint density at radius 2 is 1.80 bits per heavy atom. The van der Waals surface area contributed by atoms with E-state index in [0.717, 1.165) is 25.9 Å². The first-order chi connectivity index (χ1) is 7.22. The Bertz CT molecular complexity index is 235. The molecule has 4 heteroatoms. The number of hydrogen-bond donors (Lipinski definition) is 0. The van der Waals surface area contributed by atoms with Crippen LogP contribution in [0.25, 0.3) is 0 Å². The van der Waals surface area contributed by atoms with Crippen LogP contribution in [0.5, 0.6) is 0 Å². The zero-order valence-electron chi connectivity index (χ0n) is 9.29. The maximum Gasteiger partial charge on any atom is 0.237 e. The Labute approximate surface area is 96.4 Å². The van der Waals surface area contributed by atoms with Gasteiger partial charge in [0, 0.05) is 12.1 Å². The Hall–Kier alpha value is -0.280. The van der Waals surface area contributed by atoms with Crippen LogP contribution in [-0.4, -0.2) is 53.8 Å². The summed E-state index contributed by atoms with van der Waals surface area (Å²) in [6.07, 6.45) is 4.56. The van der Waals surface area contributed by atoms with E-state index >= 15 is 0 Å². The monoisotopic (exact) mass is 230 g/mol. The predicted octanol–water partition coefficient (Wildman–Crippen LogP) is 1.31.